The molecule has 1 aromatic heterocycles. The van der Waals surface area contributed by atoms with Gasteiger partial charge in [0.1, 0.15) is 12.2 Å². The van der Waals surface area contributed by atoms with Gasteiger partial charge in [-0.05, 0) is 31.5 Å². The first-order valence-corrected chi connectivity index (χ1v) is 6.46. The van der Waals surface area contributed by atoms with Crippen molar-refractivity contribution in [3.05, 3.63) is 42.5 Å². The highest BCUT2D eigenvalue weighted by Gasteiger charge is 2.33. The van der Waals surface area contributed by atoms with Crippen LogP contribution >= 0.6 is 0 Å². The molecule has 0 radical (unpaired) electrons. The van der Waals surface area contributed by atoms with Gasteiger partial charge in [-0.15, -0.1) is 10.2 Å². The van der Waals surface area contributed by atoms with Crippen LogP contribution < -0.4 is 5.32 Å². The maximum absolute atomic E-state index is 4.36. The number of nitrogens with zero attached hydrogens (tertiary/aromatic N) is 3. The molecule has 0 saturated carbocycles. The van der Waals surface area contributed by atoms with Gasteiger partial charge in [0.15, 0.2) is 0 Å². The van der Waals surface area contributed by atoms with Crippen molar-refractivity contribution in [3.8, 4) is 5.69 Å². The topological polar surface area (TPSA) is 42.7 Å². The van der Waals surface area contributed by atoms with Crippen LogP contribution in [0.3, 0.4) is 0 Å². The molecule has 1 aliphatic rings. The van der Waals surface area contributed by atoms with Crippen LogP contribution in [0.4, 0.5) is 0 Å². The summed E-state index contributed by atoms with van der Waals surface area (Å²) in [4.78, 5) is 0. The Morgan fingerprint density at radius 2 is 2.11 bits per heavy atom. The van der Waals surface area contributed by atoms with Gasteiger partial charge in [-0.3, -0.25) is 4.57 Å². The summed E-state index contributed by atoms with van der Waals surface area (Å²) in [5.74, 6) is 1.06. The molecule has 2 heterocycles. The van der Waals surface area contributed by atoms with Gasteiger partial charge in [0.25, 0.3) is 0 Å². The van der Waals surface area contributed by atoms with Gasteiger partial charge in [0.05, 0.1) is 0 Å². The number of nitrogens with one attached hydrogen (secondary N) is 1. The number of aromatic nitrogens is 3. The molecule has 4 nitrogen and oxygen atoms in total. The third-order valence-corrected chi connectivity index (χ3v) is 3.72. The molecule has 1 aliphatic heterocycles. The molecule has 4 heteroatoms. The summed E-state index contributed by atoms with van der Waals surface area (Å²) in [6.07, 6.45) is 4.16. The Bertz CT molecular complexity index is 512. The molecule has 18 heavy (non-hydrogen) atoms. The molecule has 1 N–H and O–H groups in total. The van der Waals surface area contributed by atoms with Crippen molar-refractivity contribution in [2.45, 2.75) is 25.2 Å². The molecule has 94 valence electrons. The fourth-order valence-electron chi connectivity index (χ4n) is 2.67. The first-order chi connectivity index (χ1) is 8.80. The van der Waals surface area contributed by atoms with E-state index in [1.807, 2.05) is 24.5 Å². The van der Waals surface area contributed by atoms with Crippen LogP contribution in [0.25, 0.3) is 5.69 Å². The molecule has 0 aliphatic carbocycles. The zero-order valence-electron chi connectivity index (χ0n) is 10.6. The van der Waals surface area contributed by atoms with E-state index in [2.05, 4.69) is 39.1 Å². The summed E-state index contributed by atoms with van der Waals surface area (Å²) in [5.41, 5.74) is 1.20. The predicted molar refractivity (Wildman–Crippen MR) is 70.8 cm³/mol. The molecule has 0 amide bonds. The molecular weight excluding hydrogens is 224 g/mol. The van der Waals surface area contributed by atoms with Crippen LogP contribution in [0.2, 0.25) is 0 Å². The van der Waals surface area contributed by atoms with Gasteiger partial charge in [-0.25, -0.2) is 0 Å². The minimum Gasteiger partial charge on any atom is -0.316 e. The molecule has 1 unspecified atom stereocenters. The van der Waals surface area contributed by atoms with Gasteiger partial charge in [0, 0.05) is 17.6 Å². The van der Waals surface area contributed by atoms with E-state index in [1.54, 1.807) is 0 Å². The van der Waals surface area contributed by atoms with Crippen molar-refractivity contribution in [1.82, 2.24) is 20.1 Å². The van der Waals surface area contributed by atoms with Crippen LogP contribution in [-0.2, 0) is 5.41 Å². The lowest BCUT2D eigenvalue weighted by Gasteiger charge is -2.33. The third kappa shape index (κ3) is 1.93. The van der Waals surface area contributed by atoms with E-state index in [4.69, 9.17) is 0 Å². The molecule has 3 rings (SSSR count). The maximum atomic E-state index is 4.36. The highest BCUT2D eigenvalue weighted by Crippen LogP contribution is 2.30. The average Bonchev–Trinajstić information content (AvgIpc) is 2.91. The van der Waals surface area contributed by atoms with Gasteiger partial charge < -0.3 is 5.32 Å². The van der Waals surface area contributed by atoms with E-state index < -0.39 is 0 Å². The second-order valence-corrected chi connectivity index (χ2v) is 5.20. The lowest BCUT2D eigenvalue weighted by molar-refractivity contribution is 0.319. The van der Waals surface area contributed by atoms with Crippen molar-refractivity contribution >= 4 is 0 Å². The van der Waals surface area contributed by atoms with Crippen LogP contribution in [0.1, 0.15) is 25.6 Å². The largest absolute Gasteiger partial charge is 0.316 e. The summed E-state index contributed by atoms with van der Waals surface area (Å²) >= 11 is 0. The minimum atomic E-state index is 0.0740. The van der Waals surface area contributed by atoms with Crippen molar-refractivity contribution in [2.75, 3.05) is 13.1 Å². The Balaban J connectivity index is 2.01. The van der Waals surface area contributed by atoms with Gasteiger partial charge >= 0.3 is 0 Å². The van der Waals surface area contributed by atoms with E-state index in [9.17, 15) is 0 Å². The van der Waals surface area contributed by atoms with Crippen LogP contribution in [0.5, 0.6) is 0 Å². The zero-order chi connectivity index (χ0) is 12.4. The van der Waals surface area contributed by atoms with Gasteiger partial charge in [0.2, 0.25) is 0 Å². The molecule has 1 aromatic carbocycles. The molecule has 0 spiro atoms. The standard InChI is InChI=1S/C14H18N4/c1-14(8-5-9-15-10-14)13-17-16-11-18(13)12-6-3-2-4-7-12/h2-4,6-7,11,15H,5,8-10H2,1H3. The first kappa shape index (κ1) is 11.4. The maximum Gasteiger partial charge on any atom is 0.144 e. The minimum absolute atomic E-state index is 0.0740. The average molecular weight is 242 g/mol. The molecular formula is C14H18N4. The Kier molecular flexibility index (Phi) is 2.88. The zero-order valence-corrected chi connectivity index (χ0v) is 10.6. The van der Waals surface area contributed by atoms with Crippen molar-refractivity contribution in [3.63, 3.8) is 0 Å². The smallest absolute Gasteiger partial charge is 0.144 e. The first-order valence-electron chi connectivity index (χ1n) is 6.46. The number of para-hydroxylation sites is 1. The van der Waals surface area contributed by atoms with Crippen molar-refractivity contribution in [2.24, 2.45) is 0 Å². The van der Waals surface area contributed by atoms with Crippen molar-refractivity contribution < 1.29 is 0 Å². The van der Waals surface area contributed by atoms with E-state index in [1.165, 1.54) is 6.42 Å². The lowest BCUT2D eigenvalue weighted by Crippen LogP contribution is -2.42. The molecule has 1 atom stereocenters. The Morgan fingerprint density at radius 1 is 1.28 bits per heavy atom. The molecule has 1 fully saturated rings. The number of rotatable bonds is 2. The number of hydrogen-bond acceptors (Lipinski definition) is 3. The number of hydrogen-bond donors (Lipinski definition) is 1. The molecule has 0 bridgehead atoms. The summed E-state index contributed by atoms with van der Waals surface area (Å²) in [6.45, 7) is 4.34. The van der Waals surface area contributed by atoms with Gasteiger partial charge in [-0.2, -0.15) is 0 Å². The quantitative estimate of drug-likeness (QED) is 0.874. The fraction of sp³-hybridized carbons (Fsp3) is 0.429. The van der Waals surface area contributed by atoms with E-state index in [0.717, 1.165) is 31.0 Å². The third-order valence-electron chi connectivity index (χ3n) is 3.72. The monoisotopic (exact) mass is 242 g/mol. The van der Waals surface area contributed by atoms with Crippen LogP contribution in [0, 0.1) is 0 Å². The van der Waals surface area contributed by atoms with Crippen molar-refractivity contribution in [1.29, 1.82) is 0 Å². The Morgan fingerprint density at radius 3 is 2.83 bits per heavy atom. The van der Waals surface area contributed by atoms with Crippen LogP contribution in [0.15, 0.2) is 36.7 Å². The number of piperidine rings is 1. The van der Waals surface area contributed by atoms with E-state index in [-0.39, 0.29) is 5.41 Å². The highest BCUT2D eigenvalue weighted by molar-refractivity contribution is 5.33. The van der Waals surface area contributed by atoms with E-state index >= 15 is 0 Å². The summed E-state index contributed by atoms with van der Waals surface area (Å²) in [5, 5.41) is 11.9. The summed E-state index contributed by atoms with van der Waals surface area (Å²) in [6, 6.07) is 10.3. The highest BCUT2D eigenvalue weighted by atomic mass is 15.3. The number of benzene rings is 1. The normalized spacial score (nSPS) is 24.1. The SMILES string of the molecule is CC1(c2nncn2-c2ccccc2)CCCNC1. The second-order valence-electron chi connectivity index (χ2n) is 5.20. The summed E-state index contributed by atoms with van der Waals surface area (Å²) in [7, 11) is 0. The summed E-state index contributed by atoms with van der Waals surface area (Å²) < 4.78 is 2.10. The Labute approximate surface area is 107 Å². The van der Waals surface area contributed by atoms with Gasteiger partial charge in [-0.1, -0.05) is 25.1 Å². The predicted octanol–water partition coefficient (Wildman–Crippen LogP) is 1.91. The molecule has 2 aromatic rings. The van der Waals surface area contributed by atoms with E-state index in [0.29, 0.717) is 0 Å². The second kappa shape index (κ2) is 4.53. The fourth-order valence-corrected chi connectivity index (χ4v) is 2.67. The Hall–Kier alpha value is -1.68. The van der Waals surface area contributed by atoms with Crippen LogP contribution in [-0.4, -0.2) is 27.9 Å². The lowest BCUT2D eigenvalue weighted by atomic mass is 9.82. The molecule has 1 saturated heterocycles.